The van der Waals surface area contributed by atoms with Crippen molar-refractivity contribution in [2.24, 2.45) is 0 Å². The average molecular weight is 213 g/mol. The lowest BCUT2D eigenvalue weighted by Crippen LogP contribution is -2.46. The Morgan fingerprint density at radius 1 is 1.29 bits per heavy atom. The Morgan fingerprint density at radius 2 is 1.93 bits per heavy atom. The molecule has 0 radical (unpaired) electrons. The van der Waals surface area contributed by atoms with Crippen molar-refractivity contribution in [2.75, 3.05) is 26.4 Å². The molecule has 0 aromatic rings. The molecule has 3 nitrogen and oxygen atoms in total. The van der Waals surface area contributed by atoms with Crippen LogP contribution in [-0.4, -0.2) is 43.2 Å². The van der Waals surface area contributed by atoms with Gasteiger partial charge in [0, 0.05) is 6.54 Å². The molecule has 1 fully saturated rings. The first kappa shape index (κ1) is 11.7. The summed E-state index contributed by atoms with van der Waals surface area (Å²) in [5.41, 5.74) is -1.66. The molecule has 0 heterocycles. The number of halogens is 3. The fourth-order valence-corrected chi connectivity index (χ4v) is 1.21. The molecule has 0 amide bonds. The third kappa shape index (κ3) is 2.83. The fraction of sp³-hybridized carbons (Fsp3) is 1.00. The van der Waals surface area contributed by atoms with Crippen LogP contribution in [0, 0.1) is 0 Å². The number of rotatable bonds is 6. The summed E-state index contributed by atoms with van der Waals surface area (Å²) in [4.78, 5) is 0. The zero-order valence-electron chi connectivity index (χ0n) is 7.73. The number of hydrogen-bond donors (Lipinski definition) is 2. The Labute approximate surface area is 80.2 Å². The Bertz CT molecular complexity index is 180. The van der Waals surface area contributed by atoms with Gasteiger partial charge in [0.2, 0.25) is 0 Å². The van der Waals surface area contributed by atoms with Gasteiger partial charge in [0.25, 0.3) is 0 Å². The van der Waals surface area contributed by atoms with Gasteiger partial charge in [-0.1, -0.05) is 0 Å². The van der Waals surface area contributed by atoms with Gasteiger partial charge in [-0.15, -0.1) is 0 Å². The van der Waals surface area contributed by atoms with Gasteiger partial charge in [0.1, 0.15) is 5.54 Å². The topological polar surface area (TPSA) is 41.5 Å². The van der Waals surface area contributed by atoms with Gasteiger partial charge in [0.15, 0.2) is 0 Å². The van der Waals surface area contributed by atoms with Gasteiger partial charge in [-0.2, -0.15) is 13.2 Å². The first-order valence-electron chi connectivity index (χ1n) is 4.52. The van der Waals surface area contributed by atoms with E-state index >= 15 is 0 Å². The second-order valence-electron chi connectivity index (χ2n) is 3.34. The van der Waals surface area contributed by atoms with Crippen molar-refractivity contribution < 1.29 is 23.0 Å². The van der Waals surface area contributed by atoms with E-state index in [1.54, 1.807) is 0 Å². The molecule has 0 aliphatic heterocycles. The van der Waals surface area contributed by atoms with Crippen molar-refractivity contribution in [2.45, 2.75) is 24.6 Å². The highest BCUT2D eigenvalue weighted by molar-refractivity contribution is 5.07. The lowest BCUT2D eigenvalue weighted by Gasteiger charge is -2.20. The monoisotopic (exact) mass is 213 g/mol. The Kier molecular flexibility index (Phi) is 3.74. The molecule has 1 aliphatic carbocycles. The Morgan fingerprint density at radius 3 is 2.36 bits per heavy atom. The van der Waals surface area contributed by atoms with Crippen molar-refractivity contribution in [3.05, 3.63) is 0 Å². The maximum atomic E-state index is 12.3. The van der Waals surface area contributed by atoms with E-state index in [-0.39, 0.29) is 39.2 Å². The summed E-state index contributed by atoms with van der Waals surface area (Å²) in [5, 5.41) is 10.8. The lowest BCUT2D eigenvalue weighted by atomic mass is 10.2. The first-order valence-corrected chi connectivity index (χ1v) is 4.52. The number of aliphatic hydroxyl groups excluding tert-OH is 1. The van der Waals surface area contributed by atoms with Crippen LogP contribution in [0.4, 0.5) is 13.2 Å². The minimum absolute atomic E-state index is 0.107. The van der Waals surface area contributed by atoms with Crippen LogP contribution in [0.2, 0.25) is 0 Å². The van der Waals surface area contributed by atoms with Gasteiger partial charge in [-0.05, 0) is 12.8 Å². The summed E-state index contributed by atoms with van der Waals surface area (Å²) in [5.74, 6) is 0. The maximum Gasteiger partial charge on any atom is 0.406 e. The predicted molar refractivity (Wildman–Crippen MR) is 43.9 cm³/mol. The molecule has 0 bridgehead atoms. The van der Waals surface area contributed by atoms with Crippen LogP contribution in [0.3, 0.4) is 0 Å². The maximum absolute atomic E-state index is 12.3. The first-order chi connectivity index (χ1) is 6.52. The number of hydrogen-bond acceptors (Lipinski definition) is 3. The highest BCUT2D eigenvalue weighted by Crippen LogP contribution is 2.48. The number of nitrogens with one attached hydrogen (secondary N) is 1. The smallest absolute Gasteiger partial charge is 0.394 e. The summed E-state index contributed by atoms with van der Waals surface area (Å²) in [6.45, 7) is 0.420. The summed E-state index contributed by atoms with van der Waals surface area (Å²) < 4.78 is 41.8. The largest absolute Gasteiger partial charge is 0.406 e. The van der Waals surface area contributed by atoms with Gasteiger partial charge in [-0.25, -0.2) is 0 Å². The zero-order valence-corrected chi connectivity index (χ0v) is 7.73. The number of ether oxygens (including phenoxy) is 1. The van der Waals surface area contributed by atoms with Crippen LogP contribution >= 0.6 is 0 Å². The van der Waals surface area contributed by atoms with E-state index < -0.39 is 11.7 Å². The van der Waals surface area contributed by atoms with Gasteiger partial charge in [-0.3, -0.25) is 0 Å². The van der Waals surface area contributed by atoms with Gasteiger partial charge >= 0.3 is 6.18 Å². The molecule has 0 atom stereocenters. The molecule has 0 aromatic carbocycles. The standard InChI is InChI=1S/C8H14F3NO2/c9-8(10,11)7(1-2-7)12-3-5-14-6-4-13/h12-13H,1-6H2. The molecule has 1 aliphatic rings. The molecule has 6 heteroatoms. The summed E-state index contributed by atoms with van der Waals surface area (Å²) in [7, 11) is 0. The van der Waals surface area contributed by atoms with E-state index in [2.05, 4.69) is 5.32 Å². The third-order valence-corrected chi connectivity index (χ3v) is 2.24. The molecular formula is C8H14F3NO2. The summed E-state index contributed by atoms with van der Waals surface area (Å²) >= 11 is 0. The van der Waals surface area contributed by atoms with Crippen LogP contribution in [0.1, 0.15) is 12.8 Å². The van der Waals surface area contributed by atoms with E-state index in [1.807, 2.05) is 0 Å². The molecular weight excluding hydrogens is 199 g/mol. The van der Waals surface area contributed by atoms with Crippen LogP contribution in [0.15, 0.2) is 0 Å². The number of alkyl halides is 3. The highest BCUT2D eigenvalue weighted by Gasteiger charge is 2.62. The lowest BCUT2D eigenvalue weighted by molar-refractivity contribution is -0.166. The van der Waals surface area contributed by atoms with Gasteiger partial charge < -0.3 is 15.2 Å². The Hall–Kier alpha value is -0.330. The molecule has 0 unspecified atom stereocenters. The number of aliphatic hydroxyl groups is 1. The molecule has 1 saturated carbocycles. The second kappa shape index (κ2) is 4.46. The molecule has 0 saturated heterocycles. The average Bonchev–Trinajstić information content (AvgIpc) is 2.84. The minimum atomic E-state index is -4.16. The van der Waals surface area contributed by atoms with Crippen molar-refractivity contribution in [1.82, 2.24) is 5.32 Å². The van der Waals surface area contributed by atoms with Crippen LogP contribution in [0.25, 0.3) is 0 Å². The molecule has 84 valence electrons. The normalized spacial score (nSPS) is 19.7. The fourth-order valence-electron chi connectivity index (χ4n) is 1.21. The third-order valence-electron chi connectivity index (χ3n) is 2.24. The van der Waals surface area contributed by atoms with Crippen molar-refractivity contribution in [1.29, 1.82) is 0 Å². The van der Waals surface area contributed by atoms with Crippen molar-refractivity contribution in [3.63, 3.8) is 0 Å². The zero-order chi connectivity index (χ0) is 10.7. The van der Waals surface area contributed by atoms with E-state index in [0.29, 0.717) is 0 Å². The van der Waals surface area contributed by atoms with Crippen LogP contribution < -0.4 is 5.32 Å². The van der Waals surface area contributed by atoms with E-state index in [1.165, 1.54) is 0 Å². The molecule has 0 spiro atoms. The second-order valence-corrected chi connectivity index (χ2v) is 3.34. The van der Waals surface area contributed by atoms with E-state index in [0.717, 1.165) is 0 Å². The van der Waals surface area contributed by atoms with Gasteiger partial charge in [0.05, 0.1) is 19.8 Å². The van der Waals surface area contributed by atoms with Crippen molar-refractivity contribution in [3.8, 4) is 0 Å². The van der Waals surface area contributed by atoms with Crippen LogP contribution in [0.5, 0.6) is 0 Å². The Balaban J connectivity index is 2.12. The summed E-state index contributed by atoms with van der Waals surface area (Å²) in [6, 6.07) is 0. The van der Waals surface area contributed by atoms with Crippen molar-refractivity contribution >= 4 is 0 Å². The molecule has 2 N–H and O–H groups in total. The molecule has 1 rings (SSSR count). The summed E-state index contributed by atoms with van der Waals surface area (Å²) in [6.07, 6.45) is -3.86. The SMILES string of the molecule is OCCOCCNC1(C(F)(F)F)CC1. The van der Waals surface area contributed by atoms with E-state index in [9.17, 15) is 13.2 Å². The molecule has 0 aromatic heterocycles. The highest BCUT2D eigenvalue weighted by atomic mass is 19.4. The molecule has 14 heavy (non-hydrogen) atoms. The predicted octanol–water partition coefficient (Wildman–Crippen LogP) is 0.680. The minimum Gasteiger partial charge on any atom is -0.394 e. The van der Waals surface area contributed by atoms with E-state index in [4.69, 9.17) is 9.84 Å². The van der Waals surface area contributed by atoms with Crippen LogP contribution in [-0.2, 0) is 4.74 Å². The quantitative estimate of drug-likeness (QED) is 0.637.